The molecule has 4 heteroatoms. The number of aldehydes is 1. The van der Waals surface area contributed by atoms with Crippen LogP contribution in [0.2, 0.25) is 0 Å². The van der Waals surface area contributed by atoms with Gasteiger partial charge in [0, 0.05) is 24.0 Å². The lowest BCUT2D eigenvalue weighted by atomic mass is 10.1. The molecule has 0 saturated carbocycles. The molecule has 118 valence electrons. The van der Waals surface area contributed by atoms with Gasteiger partial charge >= 0.3 is 0 Å². The van der Waals surface area contributed by atoms with Crippen molar-refractivity contribution in [2.45, 2.75) is 25.4 Å². The summed E-state index contributed by atoms with van der Waals surface area (Å²) in [6, 6.07) is 17.3. The van der Waals surface area contributed by atoms with E-state index in [1.807, 2.05) is 24.3 Å². The van der Waals surface area contributed by atoms with Crippen molar-refractivity contribution in [3.05, 3.63) is 65.7 Å². The van der Waals surface area contributed by atoms with E-state index in [0.29, 0.717) is 11.3 Å². The Morgan fingerprint density at radius 1 is 1.13 bits per heavy atom. The number of amides is 1. The Kier molecular flexibility index (Phi) is 4.83. The van der Waals surface area contributed by atoms with E-state index in [9.17, 15) is 9.59 Å². The van der Waals surface area contributed by atoms with Crippen molar-refractivity contribution in [1.82, 2.24) is 0 Å². The van der Waals surface area contributed by atoms with Crippen molar-refractivity contribution in [2.75, 3.05) is 11.9 Å². The summed E-state index contributed by atoms with van der Waals surface area (Å²) in [4.78, 5) is 25.0. The predicted octanol–water partition coefficient (Wildman–Crippen LogP) is 1.69. The molecule has 1 aliphatic heterocycles. The number of carbonyl (C=O) groups excluding carboxylic acids is 2. The number of para-hydroxylation sites is 1. The van der Waals surface area contributed by atoms with E-state index in [0.717, 1.165) is 32.2 Å². The topological polar surface area (TPSA) is 50.6 Å². The maximum absolute atomic E-state index is 12.6. The second-order valence-electron chi connectivity index (χ2n) is 5.96. The maximum Gasteiger partial charge on any atom is 0.282 e. The number of hydrogen-bond acceptors (Lipinski definition) is 2. The monoisotopic (exact) mass is 309 g/mol. The number of carbonyl (C=O) groups is 2. The van der Waals surface area contributed by atoms with E-state index in [1.54, 1.807) is 18.2 Å². The van der Waals surface area contributed by atoms with Gasteiger partial charge in [0.05, 0.1) is 12.2 Å². The van der Waals surface area contributed by atoms with E-state index in [2.05, 4.69) is 17.4 Å². The van der Waals surface area contributed by atoms with Crippen molar-refractivity contribution in [3.63, 3.8) is 0 Å². The van der Waals surface area contributed by atoms with E-state index < -0.39 is 0 Å². The molecule has 0 aromatic heterocycles. The second kappa shape index (κ2) is 7.20. The quantitative estimate of drug-likeness (QED) is 0.826. The highest BCUT2D eigenvalue weighted by Gasteiger charge is 2.34. The highest BCUT2D eigenvalue weighted by Crippen LogP contribution is 2.14. The van der Waals surface area contributed by atoms with Gasteiger partial charge in [-0.25, -0.2) is 0 Å². The van der Waals surface area contributed by atoms with Gasteiger partial charge in [0.2, 0.25) is 0 Å². The van der Waals surface area contributed by atoms with Gasteiger partial charge in [-0.1, -0.05) is 42.5 Å². The van der Waals surface area contributed by atoms with Crippen LogP contribution < -0.4 is 10.2 Å². The summed E-state index contributed by atoms with van der Waals surface area (Å²) in [5, 5.41) is 2.93. The molecule has 23 heavy (non-hydrogen) atoms. The molecule has 0 bridgehead atoms. The van der Waals surface area contributed by atoms with Gasteiger partial charge in [-0.15, -0.1) is 0 Å². The van der Waals surface area contributed by atoms with Gasteiger partial charge in [0.1, 0.15) is 6.54 Å². The molecule has 0 radical (unpaired) electrons. The van der Waals surface area contributed by atoms with Gasteiger partial charge in [0.25, 0.3) is 5.91 Å². The largest absolute Gasteiger partial charge is 0.321 e. The standard InChI is InChI=1S/C19H20N2O2/c22-14-16-9-4-5-10-17(16)20-19(23)18-11-6-12-21(18)13-15-7-2-1-3-8-15/h1-5,7-10,14,18H,6,11-13H2,(H,20,23)/p+1/t18-/m1/s1. The van der Waals surface area contributed by atoms with Crippen LogP contribution in [-0.2, 0) is 11.3 Å². The summed E-state index contributed by atoms with van der Waals surface area (Å²) in [6.07, 6.45) is 2.71. The molecule has 0 aliphatic carbocycles. The first-order valence-corrected chi connectivity index (χ1v) is 8.01. The predicted molar refractivity (Wildman–Crippen MR) is 89.5 cm³/mol. The second-order valence-corrected chi connectivity index (χ2v) is 5.96. The van der Waals surface area contributed by atoms with Crippen LogP contribution in [-0.4, -0.2) is 24.8 Å². The van der Waals surface area contributed by atoms with Crippen LogP contribution in [0.4, 0.5) is 5.69 Å². The van der Waals surface area contributed by atoms with E-state index in [-0.39, 0.29) is 11.9 Å². The van der Waals surface area contributed by atoms with Crippen LogP contribution >= 0.6 is 0 Å². The zero-order valence-electron chi connectivity index (χ0n) is 13.0. The molecule has 2 aromatic carbocycles. The molecule has 1 aliphatic rings. The average Bonchev–Trinajstić information content (AvgIpc) is 3.04. The van der Waals surface area contributed by atoms with Crippen molar-refractivity contribution < 1.29 is 14.5 Å². The number of nitrogens with one attached hydrogen (secondary N) is 2. The summed E-state index contributed by atoms with van der Waals surface area (Å²) in [7, 11) is 0. The molecule has 1 heterocycles. The van der Waals surface area contributed by atoms with Crippen LogP contribution in [0.25, 0.3) is 0 Å². The molecule has 1 amide bonds. The first-order chi connectivity index (χ1) is 11.3. The summed E-state index contributed by atoms with van der Waals surface area (Å²) >= 11 is 0. The number of anilines is 1. The van der Waals surface area contributed by atoms with Crippen molar-refractivity contribution in [1.29, 1.82) is 0 Å². The summed E-state index contributed by atoms with van der Waals surface area (Å²) in [5.74, 6) is 0.00253. The Morgan fingerprint density at radius 2 is 1.87 bits per heavy atom. The summed E-state index contributed by atoms with van der Waals surface area (Å²) < 4.78 is 0. The maximum atomic E-state index is 12.6. The molecule has 1 fully saturated rings. The fourth-order valence-corrected chi connectivity index (χ4v) is 3.23. The molecular formula is C19H21N2O2+. The Hall–Kier alpha value is -2.46. The fraction of sp³-hybridized carbons (Fsp3) is 0.263. The average molecular weight is 309 g/mol. The Morgan fingerprint density at radius 3 is 2.65 bits per heavy atom. The smallest absolute Gasteiger partial charge is 0.282 e. The van der Waals surface area contributed by atoms with Crippen LogP contribution in [0, 0.1) is 0 Å². The molecule has 2 aromatic rings. The first kappa shape index (κ1) is 15.4. The minimum Gasteiger partial charge on any atom is -0.321 e. The van der Waals surface area contributed by atoms with Crippen LogP contribution in [0.5, 0.6) is 0 Å². The Labute approximate surface area is 136 Å². The molecule has 0 spiro atoms. The third-order valence-corrected chi connectivity index (χ3v) is 4.42. The number of rotatable bonds is 5. The highest BCUT2D eigenvalue weighted by molar-refractivity contribution is 5.98. The third-order valence-electron chi connectivity index (χ3n) is 4.42. The normalized spacial score (nSPS) is 20.2. The zero-order chi connectivity index (χ0) is 16.1. The molecule has 4 nitrogen and oxygen atoms in total. The lowest BCUT2D eigenvalue weighted by Crippen LogP contribution is -3.13. The number of benzene rings is 2. The van der Waals surface area contributed by atoms with E-state index >= 15 is 0 Å². The minimum atomic E-state index is -0.0603. The number of likely N-dealkylation sites (tertiary alicyclic amines) is 1. The summed E-state index contributed by atoms with van der Waals surface area (Å²) in [6.45, 7) is 1.86. The van der Waals surface area contributed by atoms with Gasteiger partial charge in [-0.3, -0.25) is 9.59 Å². The molecule has 2 atom stereocenters. The Bertz CT molecular complexity index is 685. The zero-order valence-corrected chi connectivity index (χ0v) is 13.0. The van der Waals surface area contributed by atoms with Crippen molar-refractivity contribution >= 4 is 17.9 Å². The fourth-order valence-electron chi connectivity index (χ4n) is 3.23. The first-order valence-electron chi connectivity index (χ1n) is 8.01. The van der Waals surface area contributed by atoms with Gasteiger partial charge in [0.15, 0.2) is 12.3 Å². The number of quaternary nitrogens is 1. The Balaban J connectivity index is 1.69. The van der Waals surface area contributed by atoms with Crippen LogP contribution in [0.1, 0.15) is 28.8 Å². The van der Waals surface area contributed by atoms with Crippen molar-refractivity contribution in [2.24, 2.45) is 0 Å². The van der Waals surface area contributed by atoms with Crippen LogP contribution in [0.3, 0.4) is 0 Å². The van der Waals surface area contributed by atoms with Gasteiger partial charge in [-0.2, -0.15) is 0 Å². The number of hydrogen-bond donors (Lipinski definition) is 2. The third kappa shape index (κ3) is 3.66. The molecule has 1 saturated heterocycles. The lowest BCUT2D eigenvalue weighted by Gasteiger charge is -2.21. The van der Waals surface area contributed by atoms with Crippen molar-refractivity contribution in [3.8, 4) is 0 Å². The lowest BCUT2D eigenvalue weighted by molar-refractivity contribution is -0.916. The summed E-state index contributed by atoms with van der Waals surface area (Å²) in [5.41, 5.74) is 2.36. The van der Waals surface area contributed by atoms with Gasteiger partial charge in [-0.05, 0) is 12.1 Å². The molecule has 3 rings (SSSR count). The molecular weight excluding hydrogens is 288 g/mol. The highest BCUT2D eigenvalue weighted by atomic mass is 16.2. The SMILES string of the molecule is O=Cc1ccccc1NC(=O)[C@H]1CCC[NH+]1Cc1ccccc1. The minimum absolute atomic E-state index is 0.00253. The molecule has 1 unspecified atom stereocenters. The van der Waals surface area contributed by atoms with Crippen LogP contribution in [0.15, 0.2) is 54.6 Å². The molecule has 2 N–H and O–H groups in total. The van der Waals surface area contributed by atoms with E-state index in [4.69, 9.17) is 0 Å². The van der Waals surface area contributed by atoms with Gasteiger partial charge < -0.3 is 10.2 Å². The van der Waals surface area contributed by atoms with E-state index in [1.165, 1.54) is 10.5 Å².